The Hall–Kier alpha value is -3.08. The van der Waals surface area contributed by atoms with E-state index in [0.29, 0.717) is 5.75 Å². The Balaban J connectivity index is 1.62. The molecule has 0 aliphatic rings. The number of nitrogens with one attached hydrogen (secondary N) is 2. The zero-order chi connectivity index (χ0) is 16.1. The Morgan fingerprint density at radius 2 is 2.04 bits per heavy atom. The van der Waals surface area contributed by atoms with Crippen molar-refractivity contribution >= 4 is 11.6 Å². The van der Waals surface area contributed by atoms with Gasteiger partial charge in [0.2, 0.25) is 0 Å². The first kappa shape index (κ1) is 14.8. The number of aryl methyl sites for hydroxylation is 1. The van der Waals surface area contributed by atoms with Crippen LogP contribution >= 0.6 is 0 Å². The molecule has 0 unspecified atom stereocenters. The molecule has 0 aliphatic carbocycles. The summed E-state index contributed by atoms with van der Waals surface area (Å²) in [6.45, 7) is 1.92. The average molecular weight is 307 g/mol. The first-order valence-corrected chi connectivity index (χ1v) is 7.30. The fourth-order valence-electron chi connectivity index (χ4n) is 2.24. The number of carbonyl (C=O) groups excluding carboxylic acids is 1. The third kappa shape index (κ3) is 3.77. The van der Waals surface area contributed by atoms with Gasteiger partial charge in [-0.05, 0) is 36.8 Å². The molecule has 2 aromatic carbocycles. The van der Waals surface area contributed by atoms with Crippen LogP contribution in [0.25, 0.3) is 11.3 Å². The van der Waals surface area contributed by atoms with Crippen molar-refractivity contribution in [3.05, 3.63) is 66.4 Å². The maximum Gasteiger partial charge on any atom is 0.262 e. The van der Waals surface area contributed by atoms with E-state index in [1.54, 1.807) is 6.20 Å². The lowest BCUT2D eigenvalue weighted by Crippen LogP contribution is -2.20. The van der Waals surface area contributed by atoms with E-state index < -0.39 is 0 Å². The molecule has 1 aromatic heterocycles. The molecule has 3 rings (SSSR count). The number of carbonyl (C=O) groups is 1. The van der Waals surface area contributed by atoms with Gasteiger partial charge in [-0.2, -0.15) is 5.10 Å². The number of H-pyrrole nitrogens is 1. The van der Waals surface area contributed by atoms with Crippen molar-refractivity contribution in [3.63, 3.8) is 0 Å². The van der Waals surface area contributed by atoms with E-state index in [9.17, 15) is 4.79 Å². The second-order valence-corrected chi connectivity index (χ2v) is 5.15. The minimum atomic E-state index is -0.199. The summed E-state index contributed by atoms with van der Waals surface area (Å²) >= 11 is 0. The summed E-state index contributed by atoms with van der Waals surface area (Å²) in [6, 6.07) is 17.0. The summed E-state index contributed by atoms with van der Waals surface area (Å²) < 4.78 is 5.55. The van der Waals surface area contributed by atoms with Gasteiger partial charge in [0.25, 0.3) is 5.91 Å². The zero-order valence-electron chi connectivity index (χ0n) is 12.7. The molecule has 0 fully saturated rings. The van der Waals surface area contributed by atoms with Crippen LogP contribution in [0.4, 0.5) is 5.69 Å². The highest BCUT2D eigenvalue weighted by molar-refractivity contribution is 5.92. The van der Waals surface area contributed by atoms with E-state index in [2.05, 4.69) is 15.5 Å². The van der Waals surface area contributed by atoms with E-state index in [-0.39, 0.29) is 12.5 Å². The van der Waals surface area contributed by atoms with Gasteiger partial charge in [-0.25, -0.2) is 0 Å². The van der Waals surface area contributed by atoms with Gasteiger partial charge in [0.15, 0.2) is 6.61 Å². The second kappa shape index (κ2) is 6.79. The largest absolute Gasteiger partial charge is 0.483 e. The first-order valence-electron chi connectivity index (χ1n) is 7.30. The van der Waals surface area contributed by atoms with Crippen molar-refractivity contribution in [1.29, 1.82) is 0 Å². The summed E-state index contributed by atoms with van der Waals surface area (Å²) in [7, 11) is 0. The van der Waals surface area contributed by atoms with Gasteiger partial charge in [0.1, 0.15) is 5.75 Å². The Bertz CT molecular complexity index is 798. The van der Waals surface area contributed by atoms with Crippen molar-refractivity contribution in [3.8, 4) is 17.0 Å². The predicted molar refractivity (Wildman–Crippen MR) is 89.3 cm³/mol. The molecule has 5 heteroatoms. The van der Waals surface area contributed by atoms with Crippen molar-refractivity contribution in [2.24, 2.45) is 0 Å². The quantitative estimate of drug-likeness (QED) is 0.759. The SMILES string of the molecule is Cc1ccccc1OCC(=O)Nc1cccc(-c2ccn[nH]2)c1. The number of ether oxygens (including phenoxy) is 1. The van der Waals surface area contributed by atoms with Crippen molar-refractivity contribution in [2.75, 3.05) is 11.9 Å². The standard InChI is InChI=1S/C18H17N3O2/c1-13-5-2-3-8-17(13)23-12-18(22)20-15-7-4-6-14(11-15)16-9-10-19-21-16/h2-11H,12H2,1H3,(H,19,21)(H,20,22). The van der Waals surface area contributed by atoms with E-state index in [1.165, 1.54) is 0 Å². The van der Waals surface area contributed by atoms with Crippen LogP contribution < -0.4 is 10.1 Å². The molecule has 0 radical (unpaired) electrons. The highest BCUT2D eigenvalue weighted by atomic mass is 16.5. The lowest BCUT2D eigenvalue weighted by atomic mass is 10.1. The molecule has 116 valence electrons. The third-order valence-electron chi connectivity index (χ3n) is 3.41. The molecule has 1 amide bonds. The fraction of sp³-hybridized carbons (Fsp3) is 0.111. The van der Waals surface area contributed by atoms with Crippen molar-refractivity contribution in [2.45, 2.75) is 6.92 Å². The molecule has 5 nitrogen and oxygen atoms in total. The number of hydrogen-bond acceptors (Lipinski definition) is 3. The monoisotopic (exact) mass is 307 g/mol. The number of aromatic nitrogens is 2. The molecule has 0 spiro atoms. The molecule has 2 N–H and O–H groups in total. The van der Waals surface area contributed by atoms with Gasteiger partial charge < -0.3 is 10.1 Å². The van der Waals surface area contributed by atoms with E-state index in [0.717, 1.165) is 22.5 Å². The molecule has 0 saturated heterocycles. The normalized spacial score (nSPS) is 10.3. The molecular weight excluding hydrogens is 290 g/mol. The van der Waals surface area contributed by atoms with Gasteiger partial charge in [0.05, 0.1) is 5.69 Å². The number of nitrogens with zero attached hydrogens (tertiary/aromatic N) is 1. The van der Waals surface area contributed by atoms with Crippen LogP contribution in [0.2, 0.25) is 0 Å². The summed E-state index contributed by atoms with van der Waals surface area (Å²) in [4.78, 5) is 12.0. The first-order chi connectivity index (χ1) is 11.2. The molecule has 1 heterocycles. The minimum Gasteiger partial charge on any atom is -0.483 e. The summed E-state index contributed by atoms with van der Waals surface area (Å²) in [5.41, 5.74) is 3.58. The van der Waals surface area contributed by atoms with Gasteiger partial charge in [0, 0.05) is 17.4 Å². The van der Waals surface area contributed by atoms with Crippen LogP contribution in [0, 0.1) is 6.92 Å². The van der Waals surface area contributed by atoms with Crippen molar-refractivity contribution in [1.82, 2.24) is 10.2 Å². The maximum absolute atomic E-state index is 12.0. The van der Waals surface area contributed by atoms with Crippen LogP contribution in [0.5, 0.6) is 5.75 Å². The van der Waals surface area contributed by atoms with Gasteiger partial charge in [-0.1, -0.05) is 30.3 Å². The Labute approximate surface area is 134 Å². The lowest BCUT2D eigenvalue weighted by molar-refractivity contribution is -0.118. The van der Waals surface area contributed by atoms with Crippen LogP contribution in [-0.4, -0.2) is 22.7 Å². The highest BCUT2D eigenvalue weighted by Gasteiger charge is 2.06. The molecule has 0 saturated carbocycles. The number of aromatic amines is 1. The van der Waals surface area contributed by atoms with Gasteiger partial charge in [-0.15, -0.1) is 0 Å². The van der Waals surface area contributed by atoms with Crippen LogP contribution in [0.15, 0.2) is 60.8 Å². The number of rotatable bonds is 5. The van der Waals surface area contributed by atoms with Crippen molar-refractivity contribution < 1.29 is 9.53 Å². The summed E-state index contributed by atoms with van der Waals surface area (Å²) in [5.74, 6) is 0.517. The van der Waals surface area contributed by atoms with E-state index >= 15 is 0 Å². The fourth-order valence-corrected chi connectivity index (χ4v) is 2.24. The maximum atomic E-state index is 12.0. The lowest BCUT2D eigenvalue weighted by Gasteiger charge is -2.10. The van der Waals surface area contributed by atoms with Crippen LogP contribution in [0.1, 0.15) is 5.56 Å². The topological polar surface area (TPSA) is 67.0 Å². The number of benzene rings is 2. The number of amides is 1. The third-order valence-corrected chi connectivity index (χ3v) is 3.41. The predicted octanol–water partition coefficient (Wildman–Crippen LogP) is 3.40. The molecule has 3 aromatic rings. The van der Waals surface area contributed by atoms with Crippen LogP contribution in [0.3, 0.4) is 0 Å². The smallest absolute Gasteiger partial charge is 0.262 e. The molecular formula is C18H17N3O2. The summed E-state index contributed by atoms with van der Waals surface area (Å²) in [6.07, 6.45) is 1.69. The Kier molecular flexibility index (Phi) is 4.38. The van der Waals surface area contributed by atoms with Gasteiger partial charge in [-0.3, -0.25) is 9.89 Å². The number of hydrogen-bond donors (Lipinski definition) is 2. The number of anilines is 1. The highest BCUT2D eigenvalue weighted by Crippen LogP contribution is 2.20. The molecule has 0 atom stereocenters. The Morgan fingerprint density at radius 1 is 1.17 bits per heavy atom. The molecule has 0 bridgehead atoms. The molecule has 23 heavy (non-hydrogen) atoms. The summed E-state index contributed by atoms with van der Waals surface area (Å²) in [5, 5.41) is 9.66. The number of para-hydroxylation sites is 1. The second-order valence-electron chi connectivity index (χ2n) is 5.15. The van der Waals surface area contributed by atoms with E-state index in [4.69, 9.17) is 4.74 Å². The molecule has 0 aliphatic heterocycles. The zero-order valence-corrected chi connectivity index (χ0v) is 12.7. The Morgan fingerprint density at radius 3 is 2.83 bits per heavy atom. The van der Waals surface area contributed by atoms with Crippen LogP contribution in [-0.2, 0) is 4.79 Å². The van der Waals surface area contributed by atoms with Gasteiger partial charge >= 0.3 is 0 Å². The average Bonchev–Trinajstić information content (AvgIpc) is 3.09. The minimum absolute atomic E-state index is 0.0286. The van der Waals surface area contributed by atoms with E-state index in [1.807, 2.05) is 61.5 Å².